The minimum absolute atomic E-state index is 0.0178. The molecule has 2 aromatic rings. The molecule has 1 aliphatic carbocycles. The van der Waals surface area contributed by atoms with E-state index in [1.54, 1.807) is 6.07 Å². The molecule has 5 nitrogen and oxygen atoms in total. The number of thioether (sulfide) groups is 1. The molecule has 2 fully saturated rings. The molecule has 1 aromatic heterocycles. The van der Waals surface area contributed by atoms with E-state index in [4.69, 9.17) is 0 Å². The summed E-state index contributed by atoms with van der Waals surface area (Å²) in [5.74, 6) is -0.0215. The molecule has 2 aliphatic rings. The van der Waals surface area contributed by atoms with E-state index in [2.05, 4.69) is 20.6 Å². The number of fused-ring (bicyclic) bond motifs is 1. The number of aromatic amines is 1. The van der Waals surface area contributed by atoms with Gasteiger partial charge < -0.3 is 15.6 Å². The second-order valence-corrected chi connectivity index (χ2v) is 9.28. The normalized spacial score (nSPS) is 23.2. The molecule has 0 spiro atoms. The van der Waals surface area contributed by atoms with Crippen molar-refractivity contribution in [3.05, 3.63) is 34.1 Å². The molecular weight excluding hydrogens is 420 g/mol. The van der Waals surface area contributed by atoms with Crippen molar-refractivity contribution in [1.29, 1.82) is 0 Å². The van der Waals surface area contributed by atoms with E-state index < -0.39 is 23.6 Å². The second-order valence-electron chi connectivity index (χ2n) is 8.00. The lowest BCUT2D eigenvalue weighted by Gasteiger charge is -2.31. The summed E-state index contributed by atoms with van der Waals surface area (Å²) in [6.45, 7) is 0.297. The van der Waals surface area contributed by atoms with E-state index in [0.29, 0.717) is 30.5 Å². The Bertz CT molecular complexity index is 958. The first kappa shape index (κ1) is 21.4. The maximum absolute atomic E-state index is 14.5. The van der Waals surface area contributed by atoms with E-state index in [1.807, 2.05) is 0 Å². The van der Waals surface area contributed by atoms with Crippen LogP contribution in [0.2, 0.25) is 0 Å². The lowest BCUT2D eigenvalue weighted by atomic mass is 10.0. The van der Waals surface area contributed by atoms with Gasteiger partial charge in [-0.25, -0.2) is 9.37 Å². The van der Waals surface area contributed by atoms with Crippen LogP contribution in [-0.4, -0.2) is 40.0 Å². The summed E-state index contributed by atoms with van der Waals surface area (Å²) in [4.78, 5) is 19.4. The number of anilines is 1. The molecule has 0 bridgehead atoms. The number of benzene rings is 1. The highest BCUT2D eigenvalue weighted by molar-refractivity contribution is 7.99. The van der Waals surface area contributed by atoms with Crippen LogP contribution in [0.3, 0.4) is 0 Å². The second kappa shape index (κ2) is 8.74. The lowest BCUT2D eigenvalue weighted by molar-refractivity contribution is -0.159. The van der Waals surface area contributed by atoms with Crippen molar-refractivity contribution in [1.82, 2.24) is 15.3 Å². The number of piperidine rings is 1. The van der Waals surface area contributed by atoms with Gasteiger partial charge in [0.25, 0.3) is 5.56 Å². The third kappa shape index (κ3) is 4.91. The molecule has 10 heteroatoms. The van der Waals surface area contributed by atoms with Gasteiger partial charge in [0.2, 0.25) is 0 Å². The zero-order valence-corrected chi connectivity index (χ0v) is 17.1. The number of halogens is 4. The minimum Gasteiger partial charge on any atom is -0.382 e. The van der Waals surface area contributed by atoms with Gasteiger partial charge in [-0.1, -0.05) is 12.8 Å². The van der Waals surface area contributed by atoms with E-state index in [0.717, 1.165) is 25.7 Å². The van der Waals surface area contributed by atoms with Gasteiger partial charge in [0.05, 0.1) is 11.3 Å². The largest absolute Gasteiger partial charge is 0.403 e. The summed E-state index contributed by atoms with van der Waals surface area (Å²) in [6, 6.07) is 1.77. The Morgan fingerprint density at radius 3 is 2.70 bits per heavy atom. The van der Waals surface area contributed by atoms with Crippen molar-refractivity contribution in [3.63, 3.8) is 0 Å². The highest BCUT2D eigenvalue weighted by atomic mass is 32.2. The molecule has 2 atom stereocenters. The average molecular weight is 444 g/mol. The SMILES string of the molecule is O=c1[nH]c(CS[C@@H]2CCN[C@H](C(F)(F)F)C2)nc2cc(NC3CCCC3)cc(F)c12. The summed E-state index contributed by atoms with van der Waals surface area (Å²) >= 11 is 1.34. The Morgan fingerprint density at radius 1 is 1.20 bits per heavy atom. The molecule has 3 N–H and O–H groups in total. The Labute approximate surface area is 175 Å². The van der Waals surface area contributed by atoms with Gasteiger partial charge >= 0.3 is 6.18 Å². The smallest absolute Gasteiger partial charge is 0.382 e. The van der Waals surface area contributed by atoms with Crippen LogP contribution in [0.25, 0.3) is 10.9 Å². The van der Waals surface area contributed by atoms with Crippen molar-refractivity contribution in [2.24, 2.45) is 0 Å². The Hall–Kier alpha value is -1.81. The molecule has 1 saturated carbocycles. The summed E-state index contributed by atoms with van der Waals surface area (Å²) in [7, 11) is 0. The van der Waals surface area contributed by atoms with Crippen molar-refractivity contribution in [2.45, 2.75) is 67.8 Å². The summed E-state index contributed by atoms with van der Waals surface area (Å²) in [6.07, 6.45) is 0.654. The topological polar surface area (TPSA) is 69.8 Å². The van der Waals surface area contributed by atoms with Crippen LogP contribution in [0.15, 0.2) is 16.9 Å². The summed E-state index contributed by atoms with van der Waals surface area (Å²) in [5, 5.41) is 5.52. The Kier molecular flexibility index (Phi) is 6.24. The quantitative estimate of drug-likeness (QED) is 0.599. The van der Waals surface area contributed by atoms with Crippen molar-refractivity contribution < 1.29 is 17.6 Å². The molecule has 2 heterocycles. The van der Waals surface area contributed by atoms with Crippen LogP contribution in [0.1, 0.15) is 44.3 Å². The Balaban J connectivity index is 1.49. The average Bonchev–Trinajstić information content (AvgIpc) is 3.18. The third-order valence-electron chi connectivity index (χ3n) is 5.74. The van der Waals surface area contributed by atoms with E-state index in [-0.39, 0.29) is 28.3 Å². The van der Waals surface area contributed by atoms with Crippen LogP contribution in [0.4, 0.5) is 23.2 Å². The van der Waals surface area contributed by atoms with Crippen LogP contribution < -0.4 is 16.2 Å². The van der Waals surface area contributed by atoms with Gasteiger partial charge in [0, 0.05) is 17.0 Å². The molecule has 1 aromatic carbocycles. The first-order chi connectivity index (χ1) is 14.3. The number of nitrogens with one attached hydrogen (secondary N) is 3. The number of hydrogen-bond donors (Lipinski definition) is 3. The van der Waals surface area contributed by atoms with Crippen LogP contribution in [-0.2, 0) is 5.75 Å². The molecule has 30 heavy (non-hydrogen) atoms. The van der Waals surface area contributed by atoms with E-state index in [9.17, 15) is 22.4 Å². The number of aromatic nitrogens is 2. The zero-order chi connectivity index (χ0) is 21.3. The molecule has 164 valence electrons. The van der Waals surface area contributed by atoms with Gasteiger partial charge in [-0.2, -0.15) is 24.9 Å². The Morgan fingerprint density at radius 2 is 1.97 bits per heavy atom. The fraction of sp³-hybridized carbons (Fsp3) is 0.600. The number of hydrogen-bond acceptors (Lipinski definition) is 5. The fourth-order valence-electron chi connectivity index (χ4n) is 4.21. The molecule has 0 amide bonds. The van der Waals surface area contributed by atoms with Gasteiger partial charge in [-0.05, 0) is 44.4 Å². The van der Waals surface area contributed by atoms with Gasteiger partial charge in [0.1, 0.15) is 23.1 Å². The predicted octanol–water partition coefficient (Wildman–Crippen LogP) is 4.33. The maximum atomic E-state index is 14.5. The van der Waals surface area contributed by atoms with Crippen LogP contribution in [0.5, 0.6) is 0 Å². The highest BCUT2D eigenvalue weighted by Gasteiger charge is 2.42. The van der Waals surface area contributed by atoms with Crippen LogP contribution in [0, 0.1) is 5.82 Å². The number of alkyl halides is 3. The number of rotatable bonds is 5. The minimum atomic E-state index is -4.27. The lowest BCUT2D eigenvalue weighted by Crippen LogP contribution is -2.48. The number of nitrogens with zero attached hydrogens (tertiary/aromatic N) is 1. The molecule has 0 radical (unpaired) electrons. The maximum Gasteiger partial charge on any atom is 0.403 e. The van der Waals surface area contributed by atoms with E-state index in [1.165, 1.54) is 17.8 Å². The van der Waals surface area contributed by atoms with Gasteiger partial charge in [-0.3, -0.25) is 4.79 Å². The fourth-order valence-corrected chi connectivity index (χ4v) is 5.35. The third-order valence-corrected chi connectivity index (χ3v) is 7.08. The molecule has 4 rings (SSSR count). The predicted molar refractivity (Wildman–Crippen MR) is 110 cm³/mol. The van der Waals surface area contributed by atoms with Gasteiger partial charge in [0.15, 0.2) is 0 Å². The molecule has 1 saturated heterocycles. The van der Waals surface area contributed by atoms with E-state index >= 15 is 0 Å². The monoisotopic (exact) mass is 444 g/mol. The van der Waals surface area contributed by atoms with Crippen molar-refractivity contribution >= 4 is 28.4 Å². The van der Waals surface area contributed by atoms with Crippen molar-refractivity contribution in [2.75, 3.05) is 11.9 Å². The van der Waals surface area contributed by atoms with Gasteiger partial charge in [-0.15, -0.1) is 0 Å². The molecular formula is C20H24F4N4OS. The molecule has 1 aliphatic heterocycles. The molecule has 0 unspecified atom stereocenters. The summed E-state index contributed by atoms with van der Waals surface area (Å²) < 4.78 is 53.4. The highest BCUT2D eigenvalue weighted by Crippen LogP contribution is 2.32. The number of H-pyrrole nitrogens is 1. The first-order valence-electron chi connectivity index (χ1n) is 10.2. The standard InChI is InChI=1S/C20H24F4N4OS/c21-14-7-12(26-11-3-1-2-4-11)8-15-18(14)19(29)28-17(27-15)10-30-13-5-6-25-16(9-13)20(22,23)24/h7-8,11,13,16,25-26H,1-6,9-10H2,(H,27,28,29)/t13-,16+/m1/s1. The first-order valence-corrected chi connectivity index (χ1v) is 11.2. The van der Waals surface area contributed by atoms with Crippen LogP contribution >= 0.6 is 11.8 Å². The van der Waals surface area contributed by atoms with Crippen molar-refractivity contribution in [3.8, 4) is 0 Å². The summed E-state index contributed by atoms with van der Waals surface area (Å²) in [5.41, 5.74) is 0.280. The zero-order valence-electron chi connectivity index (χ0n) is 16.3.